The van der Waals surface area contributed by atoms with Crippen molar-refractivity contribution in [3.05, 3.63) is 119 Å². The van der Waals surface area contributed by atoms with Gasteiger partial charge in [0, 0.05) is 5.56 Å². The zero-order valence-electron chi connectivity index (χ0n) is 22.3. The molecule has 0 radical (unpaired) electrons. The summed E-state index contributed by atoms with van der Waals surface area (Å²) in [4.78, 5) is 59.9. The predicted molar refractivity (Wildman–Crippen MR) is 146 cm³/mol. The van der Waals surface area contributed by atoms with Gasteiger partial charge in [-0.15, -0.1) is 0 Å². The van der Waals surface area contributed by atoms with Crippen LogP contribution >= 0.6 is 0 Å². The van der Waals surface area contributed by atoms with Crippen LogP contribution in [0.4, 0.5) is 4.79 Å². The Hall–Kier alpha value is -4.96. The van der Waals surface area contributed by atoms with E-state index >= 15 is 0 Å². The highest BCUT2D eigenvalue weighted by Crippen LogP contribution is 2.40. The summed E-state index contributed by atoms with van der Waals surface area (Å²) in [6.45, 7) is 1.77. The fourth-order valence-corrected chi connectivity index (χ4v) is 5.35. The Morgan fingerprint density at radius 2 is 1.49 bits per heavy atom. The number of hydrogen-bond acceptors (Lipinski definition) is 6. The molecule has 3 aromatic carbocycles. The van der Waals surface area contributed by atoms with Gasteiger partial charge >= 0.3 is 6.09 Å². The first-order chi connectivity index (χ1) is 19.9. The average molecular weight is 553 g/mol. The van der Waals surface area contributed by atoms with Gasteiger partial charge in [-0.2, -0.15) is 10.1 Å². The molecule has 208 valence electrons. The van der Waals surface area contributed by atoms with Crippen molar-refractivity contribution >= 4 is 23.8 Å². The third kappa shape index (κ3) is 4.93. The molecule has 0 aromatic heterocycles. The van der Waals surface area contributed by atoms with Crippen LogP contribution in [0.1, 0.15) is 28.4 Å². The molecular weight excluding hydrogens is 524 g/mol. The standard InChI is InChI=1S/C31H28N4O6/c1-20-17-25-33(31(39)40-19-22-13-7-3-8-14-22)34-27(28(20)41-35(25)29(37)23-15-9-4-10-16-23)26(30(34)38)32-24(36)18-21-11-5-2-6-12-21/h2-17,25-28H,18-19H2,1H3,(H,32,36). The molecule has 10 nitrogen and oxygen atoms in total. The van der Waals surface area contributed by atoms with E-state index in [1.165, 1.54) is 5.01 Å². The van der Waals surface area contributed by atoms with E-state index in [0.29, 0.717) is 5.56 Å². The first-order valence-corrected chi connectivity index (χ1v) is 13.3. The molecule has 1 N–H and O–H groups in total. The van der Waals surface area contributed by atoms with Crippen LogP contribution in [0.2, 0.25) is 0 Å². The molecule has 4 amide bonds. The molecule has 4 atom stereocenters. The predicted octanol–water partition coefficient (Wildman–Crippen LogP) is 3.22. The van der Waals surface area contributed by atoms with Crippen LogP contribution in [-0.4, -0.2) is 63.2 Å². The van der Waals surface area contributed by atoms with Crippen LogP contribution in [0.3, 0.4) is 0 Å². The van der Waals surface area contributed by atoms with Crippen LogP contribution in [0.15, 0.2) is 103 Å². The number of hydrazine groups is 1. The first kappa shape index (κ1) is 26.3. The fraction of sp³-hybridized carbons (Fsp3) is 0.226. The van der Waals surface area contributed by atoms with Gasteiger partial charge in [0.2, 0.25) is 5.91 Å². The number of β-lactam (4-membered cyclic amide) rings is 1. The first-order valence-electron chi connectivity index (χ1n) is 13.3. The summed E-state index contributed by atoms with van der Waals surface area (Å²) in [6.07, 6.45) is -0.898. The minimum atomic E-state index is -1.09. The minimum Gasteiger partial charge on any atom is -0.443 e. The van der Waals surface area contributed by atoms with Crippen molar-refractivity contribution in [3.8, 4) is 0 Å². The van der Waals surface area contributed by atoms with Gasteiger partial charge in [0.25, 0.3) is 11.8 Å². The lowest BCUT2D eigenvalue weighted by molar-refractivity contribution is -0.185. The number of fused-ring (bicyclic) bond motifs is 1. The van der Waals surface area contributed by atoms with Crippen molar-refractivity contribution in [3.63, 3.8) is 0 Å². The number of rotatable bonds is 6. The highest BCUT2D eigenvalue weighted by atomic mass is 16.7. The number of ether oxygens (including phenoxy) is 1. The van der Waals surface area contributed by atoms with Gasteiger partial charge in [-0.3, -0.25) is 19.2 Å². The van der Waals surface area contributed by atoms with Crippen LogP contribution in [0.25, 0.3) is 0 Å². The minimum absolute atomic E-state index is 0.0353. The molecule has 0 saturated carbocycles. The number of amides is 4. The van der Waals surface area contributed by atoms with E-state index < -0.39 is 42.3 Å². The SMILES string of the molecule is CC1=CC2N(C(=O)c3ccccc3)OC1C1C(NC(=O)Cc3ccccc3)C(=O)N1N2C(=O)OCc1ccccc1. The number of carbonyl (C=O) groups excluding carboxylic acids is 4. The van der Waals surface area contributed by atoms with Gasteiger partial charge < -0.3 is 10.1 Å². The Kier molecular flexibility index (Phi) is 6.98. The monoisotopic (exact) mass is 552 g/mol. The Morgan fingerprint density at radius 1 is 0.878 bits per heavy atom. The van der Waals surface area contributed by atoms with E-state index in [0.717, 1.165) is 26.8 Å². The number of nitrogens with zero attached hydrogens (tertiary/aromatic N) is 3. The van der Waals surface area contributed by atoms with Crippen molar-refractivity contribution in [2.75, 3.05) is 0 Å². The molecule has 4 aliphatic heterocycles. The van der Waals surface area contributed by atoms with Crippen LogP contribution in [-0.2, 0) is 32.2 Å². The summed E-state index contributed by atoms with van der Waals surface area (Å²) < 4.78 is 5.62. The number of benzene rings is 3. The molecule has 2 saturated heterocycles. The fourth-order valence-electron chi connectivity index (χ4n) is 5.35. The van der Waals surface area contributed by atoms with Gasteiger partial charge in [0.15, 0.2) is 6.17 Å². The van der Waals surface area contributed by atoms with Crippen molar-refractivity contribution in [1.29, 1.82) is 0 Å². The Bertz CT molecular complexity index is 1500. The summed E-state index contributed by atoms with van der Waals surface area (Å²) in [6, 6.07) is 25.1. The third-order valence-electron chi connectivity index (χ3n) is 7.37. The molecular formula is C31H28N4O6. The third-order valence-corrected chi connectivity index (χ3v) is 7.37. The summed E-state index contributed by atoms with van der Waals surface area (Å²) in [5.74, 6) is -1.32. The van der Waals surface area contributed by atoms with Crippen molar-refractivity contribution in [2.45, 2.75) is 44.3 Å². The zero-order valence-corrected chi connectivity index (χ0v) is 22.3. The summed E-state index contributed by atoms with van der Waals surface area (Å²) in [5, 5.41) is 6.29. The van der Waals surface area contributed by atoms with E-state index in [1.54, 1.807) is 36.4 Å². The van der Waals surface area contributed by atoms with Crippen LogP contribution < -0.4 is 5.32 Å². The van der Waals surface area contributed by atoms with E-state index in [9.17, 15) is 19.2 Å². The molecule has 41 heavy (non-hydrogen) atoms. The second-order valence-electron chi connectivity index (χ2n) is 10.1. The molecule has 2 fully saturated rings. The second kappa shape index (κ2) is 10.9. The van der Waals surface area contributed by atoms with Gasteiger partial charge in [0.1, 0.15) is 24.8 Å². The largest absolute Gasteiger partial charge is 0.443 e. The Balaban J connectivity index is 1.30. The van der Waals surface area contributed by atoms with Crippen molar-refractivity contribution in [2.24, 2.45) is 0 Å². The lowest BCUT2D eigenvalue weighted by Crippen LogP contribution is -2.78. The molecule has 4 heterocycles. The Morgan fingerprint density at radius 3 is 2.15 bits per heavy atom. The number of nitrogens with one attached hydrogen (secondary N) is 1. The van der Waals surface area contributed by atoms with Crippen LogP contribution in [0.5, 0.6) is 0 Å². The summed E-state index contributed by atoms with van der Waals surface area (Å²) in [5.41, 5.74) is 2.63. The highest BCUT2D eigenvalue weighted by molar-refractivity contribution is 5.97. The summed E-state index contributed by atoms with van der Waals surface area (Å²) in [7, 11) is 0. The zero-order chi connectivity index (χ0) is 28.5. The van der Waals surface area contributed by atoms with E-state index in [2.05, 4.69) is 5.32 Å². The normalized spacial score (nSPS) is 22.7. The molecule has 2 bridgehead atoms. The van der Waals surface area contributed by atoms with E-state index in [-0.39, 0.29) is 18.9 Å². The lowest BCUT2D eigenvalue weighted by atomic mass is 9.88. The molecule has 4 unspecified atom stereocenters. The van der Waals surface area contributed by atoms with Gasteiger partial charge in [-0.05, 0) is 41.8 Å². The van der Waals surface area contributed by atoms with Gasteiger partial charge in [-0.25, -0.2) is 9.80 Å². The molecule has 0 aliphatic carbocycles. The molecule has 3 aromatic rings. The molecule has 0 spiro atoms. The molecule has 10 heteroatoms. The van der Waals surface area contributed by atoms with Gasteiger partial charge in [0.05, 0.1) is 6.42 Å². The molecule has 4 aliphatic rings. The highest BCUT2D eigenvalue weighted by Gasteiger charge is 2.63. The van der Waals surface area contributed by atoms with Crippen LogP contribution in [0, 0.1) is 0 Å². The lowest BCUT2D eigenvalue weighted by Gasteiger charge is -2.50. The van der Waals surface area contributed by atoms with Crippen molar-refractivity contribution in [1.82, 2.24) is 20.4 Å². The number of hydrogen-bond donors (Lipinski definition) is 1. The quantitative estimate of drug-likeness (QED) is 0.372. The number of carbonyl (C=O) groups is 4. The van der Waals surface area contributed by atoms with E-state index in [1.807, 2.05) is 67.6 Å². The van der Waals surface area contributed by atoms with E-state index in [4.69, 9.17) is 9.57 Å². The smallest absolute Gasteiger partial charge is 0.431 e. The second-order valence-corrected chi connectivity index (χ2v) is 10.1. The number of hydroxylamine groups is 2. The Labute approximate surface area is 236 Å². The van der Waals surface area contributed by atoms with Crippen molar-refractivity contribution < 1.29 is 28.8 Å². The maximum absolute atomic E-state index is 13.6. The average Bonchev–Trinajstić information content (AvgIpc) is 3.20. The summed E-state index contributed by atoms with van der Waals surface area (Å²) >= 11 is 0. The van der Waals surface area contributed by atoms with Gasteiger partial charge in [-0.1, -0.05) is 78.9 Å². The topological polar surface area (TPSA) is 108 Å². The maximum atomic E-state index is 13.6. The molecule has 7 rings (SSSR count). The maximum Gasteiger partial charge on any atom is 0.431 e.